The average molecular weight is 1080 g/mol. The summed E-state index contributed by atoms with van der Waals surface area (Å²) < 4.78 is 0. The molecule has 12 heteroatoms. The Morgan fingerprint density at radius 2 is 0.427 bits per heavy atom. The molecule has 3 N–H and O–H groups in total. The third-order valence-corrected chi connectivity index (χ3v) is 15.8. The first kappa shape index (κ1) is 54.6. The van der Waals surface area contributed by atoms with E-state index < -0.39 is 142 Å². The van der Waals surface area contributed by atoms with E-state index in [-0.39, 0.29) is 0 Å². The highest BCUT2D eigenvalue weighted by atomic mass is 16.2. The first-order chi connectivity index (χ1) is 39.8. The summed E-state index contributed by atoms with van der Waals surface area (Å²) in [5, 5.41) is 2.53. The van der Waals surface area contributed by atoms with Crippen LogP contribution >= 0.6 is 0 Å². The monoisotopic (exact) mass is 1080 g/mol. The standard InChI is InChI=1S/C70H50N2O10/c71-65(82)72-67(58(75)49-32-14-3-15-33-49)46-66(56(73)47-28-10-1-11-29-47,57(74)48-30-12-2-13-31-48)68(59(76)50-34-16-4-17-35-50,60(77)51-36-18-5-19-37-51)70(63(80)54-42-24-8-25-43-54,64(81)55-44-26-9-27-45-55)69(67,61(78)52-38-20-6-21-39-52)62(79)53-40-22-7-23-41-53/h1-45H,46H2,(H3,71,72,82). The summed E-state index contributed by atoms with van der Waals surface area (Å²) in [5.41, 5.74) is -17.7. The van der Waals surface area contributed by atoms with Crippen molar-refractivity contribution in [1.82, 2.24) is 5.32 Å². The second kappa shape index (κ2) is 22.2. The number of nitrogens with two attached hydrogens (primary N) is 1. The van der Waals surface area contributed by atoms with Crippen molar-refractivity contribution in [3.8, 4) is 0 Å². The van der Waals surface area contributed by atoms with Gasteiger partial charge in [0.15, 0.2) is 52.0 Å². The van der Waals surface area contributed by atoms with Crippen LogP contribution in [0.3, 0.4) is 0 Å². The molecule has 0 aliphatic heterocycles. The number of nitrogens with one attached hydrogen (secondary N) is 1. The summed E-state index contributed by atoms with van der Waals surface area (Å²) in [6, 6.07) is 59.9. The van der Waals surface area contributed by atoms with Crippen LogP contribution in [0, 0.1) is 21.7 Å². The first-order valence-corrected chi connectivity index (χ1v) is 26.2. The third-order valence-electron chi connectivity index (χ3n) is 15.8. The second-order valence-electron chi connectivity index (χ2n) is 20.0. The number of Topliss-reactive ketones (excluding diaryl/α,β-unsaturated/α-hetero) is 9. The zero-order valence-electron chi connectivity index (χ0n) is 43.8. The molecule has 9 aromatic rings. The molecule has 10 rings (SSSR count). The largest absolute Gasteiger partial charge is 0.352 e. The lowest BCUT2D eigenvalue weighted by Gasteiger charge is -2.69. The van der Waals surface area contributed by atoms with Crippen LogP contribution in [0.1, 0.15) is 99.6 Å². The molecule has 1 fully saturated rings. The van der Waals surface area contributed by atoms with E-state index in [0.29, 0.717) is 0 Å². The summed E-state index contributed by atoms with van der Waals surface area (Å²) in [7, 11) is 0. The van der Waals surface area contributed by atoms with Gasteiger partial charge in [0.2, 0.25) is 0 Å². The molecule has 0 saturated heterocycles. The van der Waals surface area contributed by atoms with Gasteiger partial charge >= 0.3 is 6.03 Å². The van der Waals surface area contributed by atoms with Crippen molar-refractivity contribution in [3.05, 3.63) is 323 Å². The summed E-state index contributed by atoms with van der Waals surface area (Å²) >= 11 is 0. The smallest absolute Gasteiger partial charge is 0.313 e. The Bertz CT molecular complexity index is 3730. The third kappa shape index (κ3) is 8.22. The minimum absolute atomic E-state index is 0.400. The second-order valence-corrected chi connectivity index (χ2v) is 20.0. The minimum Gasteiger partial charge on any atom is -0.352 e. The van der Waals surface area contributed by atoms with Crippen LogP contribution in [-0.4, -0.2) is 63.6 Å². The summed E-state index contributed by atoms with van der Waals surface area (Å²) in [5.74, 6) is -13.8. The number of hydrogen-bond donors (Lipinski definition) is 2. The highest BCUT2D eigenvalue weighted by molar-refractivity contribution is 6.44. The van der Waals surface area contributed by atoms with Crippen molar-refractivity contribution in [1.29, 1.82) is 0 Å². The van der Waals surface area contributed by atoms with E-state index in [9.17, 15) is 4.79 Å². The van der Waals surface area contributed by atoms with Crippen molar-refractivity contribution in [2.45, 2.75) is 12.0 Å². The number of primary amides is 1. The maximum absolute atomic E-state index is 18.3. The minimum atomic E-state index is -4.29. The topological polar surface area (TPSA) is 209 Å². The van der Waals surface area contributed by atoms with E-state index in [2.05, 4.69) is 5.32 Å². The summed E-state index contributed by atoms with van der Waals surface area (Å²) in [4.78, 5) is 177. The number of benzene rings is 9. The molecule has 1 aliphatic rings. The molecule has 82 heavy (non-hydrogen) atoms. The number of urea groups is 1. The molecule has 2 amide bonds. The zero-order valence-corrected chi connectivity index (χ0v) is 43.8. The normalized spacial score (nSPS) is 16.2. The lowest BCUT2D eigenvalue weighted by Crippen LogP contribution is -2.90. The zero-order chi connectivity index (χ0) is 57.7. The van der Waals surface area contributed by atoms with Crippen LogP contribution in [0.4, 0.5) is 4.79 Å². The molecule has 1 aliphatic carbocycles. The van der Waals surface area contributed by atoms with Gasteiger partial charge in [0.1, 0.15) is 27.2 Å². The molecule has 0 heterocycles. The van der Waals surface area contributed by atoms with E-state index in [1.807, 2.05) is 0 Å². The molecule has 0 aromatic heterocycles. The first-order valence-electron chi connectivity index (χ1n) is 26.2. The van der Waals surface area contributed by atoms with Crippen LogP contribution in [0.15, 0.2) is 273 Å². The van der Waals surface area contributed by atoms with Gasteiger partial charge in [-0.15, -0.1) is 0 Å². The van der Waals surface area contributed by atoms with E-state index in [0.717, 1.165) is 0 Å². The highest BCUT2D eigenvalue weighted by Gasteiger charge is 2.95. The van der Waals surface area contributed by atoms with Crippen LogP contribution in [0.25, 0.3) is 0 Å². The van der Waals surface area contributed by atoms with Crippen molar-refractivity contribution in [2.24, 2.45) is 27.4 Å². The highest BCUT2D eigenvalue weighted by Crippen LogP contribution is 2.76. The fourth-order valence-electron chi connectivity index (χ4n) is 12.6. The van der Waals surface area contributed by atoms with Crippen molar-refractivity contribution >= 4 is 58.1 Å². The maximum Gasteiger partial charge on any atom is 0.313 e. The van der Waals surface area contributed by atoms with Crippen LogP contribution in [0.5, 0.6) is 0 Å². The molecule has 0 spiro atoms. The van der Waals surface area contributed by atoms with Crippen LogP contribution in [0.2, 0.25) is 0 Å². The Labute approximate surface area is 471 Å². The summed E-state index contributed by atoms with van der Waals surface area (Å²) in [6.07, 6.45) is -1.68. The number of rotatable bonds is 19. The molecular weight excluding hydrogens is 1030 g/mol. The fourth-order valence-corrected chi connectivity index (χ4v) is 12.6. The summed E-state index contributed by atoms with van der Waals surface area (Å²) in [6.45, 7) is 0. The molecule has 0 bridgehead atoms. The molecule has 1 saturated carbocycles. The number of carbonyl (C=O) groups excluding carboxylic acids is 10. The molecule has 0 radical (unpaired) electrons. The lowest BCUT2D eigenvalue weighted by atomic mass is 9.25. The van der Waals surface area contributed by atoms with Crippen molar-refractivity contribution < 1.29 is 47.9 Å². The van der Waals surface area contributed by atoms with Gasteiger partial charge in [-0.3, -0.25) is 43.2 Å². The van der Waals surface area contributed by atoms with E-state index in [1.54, 1.807) is 12.1 Å². The van der Waals surface area contributed by atoms with Gasteiger partial charge in [-0.1, -0.05) is 273 Å². The number of carbonyl (C=O) groups is 10. The Morgan fingerprint density at radius 3 is 0.646 bits per heavy atom. The van der Waals surface area contributed by atoms with Gasteiger partial charge < -0.3 is 11.1 Å². The molecule has 1 atom stereocenters. The molecular formula is C70H50N2O10. The average Bonchev–Trinajstić information content (AvgIpc) is 0.665. The number of ketones is 9. The van der Waals surface area contributed by atoms with Gasteiger partial charge in [-0.2, -0.15) is 0 Å². The quantitative estimate of drug-likeness (QED) is 0.0578. The van der Waals surface area contributed by atoms with Gasteiger partial charge in [-0.05, 0) is 0 Å². The van der Waals surface area contributed by atoms with E-state index >= 15 is 43.2 Å². The maximum atomic E-state index is 18.3. The van der Waals surface area contributed by atoms with E-state index in [1.165, 1.54) is 261 Å². The van der Waals surface area contributed by atoms with Crippen molar-refractivity contribution in [2.75, 3.05) is 0 Å². The van der Waals surface area contributed by atoms with Gasteiger partial charge in [0, 0.05) is 56.5 Å². The van der Waals surface area contributed by atoms with Gasteiger partial charge in [0.25, 0.3) is 0 Å². The molecule has 400 valence electrons. The molecule has 1 unspecified atom stereocenters. The number of amides is 2. The lowest BCUT2D eigenvalue weighted by molar-refractivity contribution is -0.0917. The Kier molecular flexibility index (Phi) is 14.8. The number of hydrogen-bond acceptors (Lipinski definition) is 10. The van der Waals surface area contributed by atoms with Crippen LogP contribution in [-0.2, 0) is 0 Å². The van der Waals surface area contributed by atoms with Gasteiger partial charge in [-0.25, -0.2) is 4.79 Å². The van der Waals surface area contributed by atoms with E-state index in [4.69, 9.17) is 5.73 Å². The molecule has 9 aromatic carbocycles. The predicted octanol–water partition coefficient (Wildman–Crippen LogP) is 11.7. The SMILES string of the molecule is NC(=O)NC1(C(=O)c2ccccc2)CC(C(=O)c2ccccc2)(C(=O)c2ccccc2)C(C(=O)c2ccccc2)(C(=O)c2ccccc2)C(C(=O)c2ccccc2)(C(=O)c2ccccc2)C1(C(=O)c1ccccc1)C(=O)c1ccccc1. The Balaban J connectivity index is 1.69. The Hall–Kier alpha value is -10.7. The molecule has 12 nitrogen and oxygen atoms in total. The predicted molar refractivity (Wildman–Crippen MR) is 307 cm³/mol. The van der Waals surface area contributed by atoms with Crippen LogP contribution < -0.4 is 11.1 Å². The van der Waals surface area contributed by atoms with Gasteiger partial charge in [0.05, 0.1) is 0 Å². The van der Waals surface area contributed by atoms with Crippen molar-refractivity contribution in [3.63, 3.8) is 0 Å². The fraction of sp³-hybridized carbons (Fsp3) is 0.0857. The Morgan fingerprint density at radius 1 is 0.244 bits per heavy atom.